The highest BCUT2D eigenvalue weighted by Crippen LogP contribution is 2.16. The Bertz CT molecular complexity index is 820. The fourth-order valence-electron chi connectivity index (χ4n) is 3.51. The summed E-state index contributed by atoms with van der Waals surface area (Å²) in [6, 6.07) is 17.8. The largest absolute Gasteiger partial charge is 0.497 e. The van der Waals surface area contributed by atoms with Gasteiger partial charge < -0.3 is 19.7 Å². The minimum absolute atomic E-state index is 0.0896. The summed E-state index contributed by atoms with van der Waals surface area (Å²) in [6.07, 6.45) is 0. The molecule has 1 saturated heterocycles. The van der Waals surface area contributed by atoms with Gasteiger partial charge in [-0.15, -0.1) is 0 Å². The monoisotopic (exact) mass is 397 g/mol. The Morgan fingerprint density at radius 1 is 1.17 bits per heavy atom. The van der Waals surface area contributed by atoms with E-state index in [4.69, 9.17) is 9.47 Å². The van der Waals surface area contributed by atoms with E-state index in [1.54, 1.807) is 7.11 Å². The molecule has 29 heavy (non-hydrogen) atoms. The third-order valence-electron chi connectivity index (χ3n) is 4.97. The number of methoxy groups -OCH3 is 1. The van der Waals surface area contributed by atoms with E-state index < -0.39 is 0 Å². The van der Waals surface area contributed by atoms with Crippen molar-refractivity contribution < 1.29 is 19.2 Å². The molecule has 0 bridgehead atoms. The van der Waals surface area contributed by atoms with Gasteiger partial charge in [0.25, 0.3) is 5.91 Å². The molecule has 1 atom stereocenters. The maximum Gasteiger partial charge on any atom is 0.259 e. The minimum atomic E-state index is -0.198. The summed E-state index contributed by atoms with van der Waals surface area (Å²) >= 11 is 0. The van der Waals surface area contributed by atoms with Crippen molar-refractivity contribution in [2.24, 2.45) is 5.10 Å². The third-order valence-corrected chi connectivity index (χ3v) is 4.97. The molecule has 2 aromatic carbocycles. The summed E-state index contributed by atoms with van der Waals surface area (Å²) in [4.78, 5) is 13.7. The number of morpholine rings is 1. The Hall–Kier alpha value is -2.90. The van der Waals surface area contributed by atoms with Gasteiger partial charge in [0.1, 0.15) is 18.8 Å². The smallest absolute Gasteiger partial charge is 0.259 e. The SMILES string of the molecule is COc1cccc(NCC(=O)N/N=C(/C)[C@H](c2ccccc2)[NH+]2CCOCC2)c1. The van der Waals surface area contributed by atoms with Gasteiger partial charge in [0.15, 0.2) is 6.04 Å². The molecule has 7 heteroatoms. The van der Waals surface area contributed by atoms with E-state index in [1.165, 1.54) is 10.5 Å². The van der Waals surface area contributed by atoms with Gasteiger partial charge in [-0.2, -0.15) is 5.10 Å². The van der Waals surface area contributed by atoms with Gasteiger partial charge in [-0.05, 0) is 19.1 Å². The molecule has 1 aliphatic rings. The first kappa shape index (κ1) is 20.8. The lowest BCUT2D eigenvalue weighted by molar-refractivity contribution is -0.928. The van der Waals surface area contributed by atoms with E-state index in [2.05, 4.69) is 28.0 Å². The van der Waals surface area contributed by atoms with Gasteiger partial charge >= 0.3 is 0 Å². The van der Waals surface area contributed by atoms with Crippen molar-refractivity contribution in [2.45, 2.75) is 13.0 Å². The van der Waals surface area contributed by atoms with Crippen LogP contribution in [-0.2, 0) is 9.53 Å². The van der Waals surface area contributed by atoms with E-state index in [9.17, 15) is 4.79 Å². The quantitative estimate of drug-likeness (QED) is 0.463. The molecule has 1 amide bonds. The summed E-state index contributed by atoms with van der Waals surface area (Å²) in [6.45, 7) is 5.40. The minimum Gasteiger partial charge on any atom is -0.497 e. The normalized spacial score (nSPS) is 16.1. The fraction of sp³-hybridized carbons (Fsp3) is 0.364. The number of carbonyl (C=O) groups excluding carboxylic acids is 1. The number of carbonyl (C=O) groups is 1. The van der Waals surface area contributed by atoms with Crippen LogP contribution in [0.1, 0.15) is 18.5 Å². The maximum atomic E-state index is 12.3. The average Bonchev–Trinajstić information content (AvgIpc) is 2.78. The second kappa shape index (κ2) is 10.6. The Labute approximate surface area is 171 Å². The van der Waals surface area contributed by atoms with Gasteiger partial charge in [-0.25, -0.2) is 5.43 Å². The highest BCUT2D eigenvalue weighted by atomic mass is 16.5. The Morgan fingerprint density at radius 3 is 2.66 bits per heavy atom. The number of nitrogens with zero attached hydrogens (tertiary/aromatic N) is 1. The molecule has 0 spiro atoms. The molecule has 3 rings (SSSR count). The van der Waals surface area contributed by atoms with E-state index in [0.29, 0.717) is 0 Å². The van der Waals surface area contributed by atoms with E-state index in [1.807, 2.05) is 49.4 Å². The lowest BCUT2D eigenvalue weighted by Crippen LogP contribution is -3.15. The van der Waals surface area contributed by atoms with Gasteiger partial charge in [-0.1, -0.05) is 36.4 Å². The maximum absolute atomic E-state index is 12.3. The molecule has 3 N–H and O–H groups in total. The first-order valence-corrected chi connectivity index (χ1v) is 9.85. The summed E-state index contributed by atoms with van der Waals surface area (Å²) < 4.78 is 10.7. The van der Waals surface area contributed by atoms with Crippen LogP contribution in [0.25, 0.3) is 0 Å². The Balaban J connectivity index is 1.62. The fourth-order valence-corrected chi connectivity index (χ4v) is 3.51. The van der Waals surface area contributed by atoms with E-state index in [0.717, 1.165) is 43.5 Å². The Kier molecular flexibility index (Phi) is 7.61. The summed E-state index contributed by atoms with van der Waals surface area (Å²) in [5.74, 6) is 0.541. The molecule has 0 saturated carbocycles. The molecular weight excluding hydrogens is 368 g/mol. The molecule has 0 aromatic heterocycles. The van der Waals surface area contributed by atoms with Gasteiger partial charge in [-0.3, -0.25) is 4.79 Å². The first-order valence-electron chi connectivity index (χ1n) is 9.85. The molecule has 1 fully saturated rings. The van der Waals surface area contributed by atoms with Crippen LogP contribution in [0.3, 0.4) is 0 Å². The highest BCUT2D eigenvalue weighted by Gasteiger charge is 2.29. The van der Waals surface area contributed by atoms with Crippen LogP contribution >= 0.6 is 0 Å². The molecule has 0 radical (unpaired) electrons. The van der Waals surface area contributed by atoms with Crippen molar-refractivity contribution in [1.82, 2.24) is 5.43 Å². The number of quaternary nitrogens is 1. The number of anilines is 1. The lowest BCUT2D eigenvalue weighted by atomic mass is 10.0. The van der Waals surface area contributed by atoms with Crippen LogP contribution in [0.4, 0.5) is 5.69 Å². The van der Waals surface area contributed by atoms with Crippen molar-refractivity contribution in [1.29, 1.82) is 0 Å². The van der Waals surface area contributed by atoms with Gasteiger partial charge in [0, 0.05) is 17.3 Å². The van der Waals surface area contributed by atoms with Gasteiger partial charge in [0.05, 0.1) is 32.6 Å². The zero-order valence-corrected chi connectivity index (χ0v) is 17.0. The number of hydrogen-bond acceptors (Lipinski definition) is 5. The summed E-state index contributed by atoms with van der Waals surface area (Å²) in [7, 11) is 1.61. The standard InChI is InChI=1S/C22H28N4O3/c1-17(22(18-7-4-3-5-8-18)26-11-13-29-14-12-26)24-25-21(27)16-23-19-9-6-10-20(15-19)28-2/h3-10,15,22-23H,11-14,16H2,1-2H3,(H,25,27)/p+1/b24-17-/t22-/m1/s1. The molecule has 0 aliphatic carbocycles. The second-order valence-electron chi connectivity index (χ2n) is 6.99. The van der Waals surface area contributed by atoms with E-state index >= 15 is 0 Å². The Morgan fingerprint density at radius 2 is 1.93 bits per heavy atom. The molecule has 7 nitrogen and oxygen atoms in total. The van der Waals surface area contributed by atoms with Crippen LogP contribution < -0.4 is 20.4 Å². The molecule has 1 heterocycles. The number of hydrogen-bond donors (Lipinski definition) is 3. The van der Waals surface area contributed by atoms with E-state index in [-0.39, 0.29) is 18.5 Å². The van der Waals surface area contributed by atoms with Crippen molar-refractivity contribution in [2.75, 3.05) is 45.3 Å². The number of ether oxygens (including phenoxy) is 2. The second-order valence-corrected chi connectivity index (χ2v) is 6.99. The molecule has 0 unspecified atom stereocenters. The average molecular weight is 397 g/mol. The number of benzene rings is 2. The highest BCUT2D eigenvalue weighted by molar-refractivity contribution is 5.89. The van der Waals surface area contributed by atoms with Crippen LogP contribution in [0.2, 0.25) is 0 Å². The predicted octanol–water partition coefficient (Wildman–Crippen LogP) is 1.26. The van der Waals surface area contributed by atoms with Crippen LogP contribution in [0.5, 0.6) is 5.75 Å². The molecule has 2 aromatic rings. The lowest BCUT2D eigenvalue weighted by Gasteiger charge is -2.31. The van der Waals surface area contributed by atoms with Crippen molar-refractivity contribution >= 4 is 17.3 Å². The number of rotatable bonds is 8. The first-order chi connectivity index (χ1) is 14.2. The summed E-state index contributed by atoms with van der Waals surface area (Å²) in [5, 5.41) is 7.50. The van der Waals surface area contributed by atoms with Gasteiger partial charge in [0.2, 0.25) is 0 Å². The van der Waals surface area contributed by atoms with Crippen molar-refractivity contribution in [3.8, 4) is 5.75 Å². The van der Waals surface area contributed by atoms with Crippen LogP contribution in [0, 0.1) is 0 Å². The zero-order valence-electron chi connectivity index (χ0n) is 17.0. The van der Waals surface area contributed by atoms with Crippen molar-refractivity contribution in [3.63, 3.8) is 0 Å². The number of amides is 1. The molecular formula is C22H29N4O3+. The predicted molar refractivity (Wildman–Crippen MR) is 113 cm³/mol. The van der Waals surface area contributed by atoms with Crippen LogP contribution in [0.15, 0.2) is 59.7 Å². The topological polar surface area (TPSA) is 76.4 Å². The van der Waals surface area contributed by atoms with Crippen molar-refractivity contribution in [3.05, 3.63) is 60.2 Å². The zero-order chi connectivity index (χ0) is 20.5. The number of nitrogens with one attached hydrogen (secondary N) is 3. The third kappa shape index (κ3) is 6.04. The summed E-state index contributed by atoms with van der Waals surface area (Å²) in [5.41, 5.74) is 5.57. The number of hydrazone groups is 1. The van der Waals surface area contributed by atoms with Crippen LogP contribution in [-0.4, -0.2) is 51.6 Å². The molecule has 154 valence electrons. The molecule has 1 aliphatic heterocycles.